The fourth-order valence-corrected chi connectivity index (χ4v) is 1.12. The van der Waals surface area contributed by atoms with Crippen LogP contribution in [0.5, 0.6) is 0 Å². The molecule has 0 aromatic rings. The minimum absolute atomic E-state index is 0.586. The minimum atomic E-state index is -1.02. The molecule has 0 amide bonds. The molecule has 0 heterocycles. The first-order valence-electron chi connectivity index (χ1n) is 5.72. The lowest BCUT2D eigenvalue weighted by atomic mass is 10.2. The lowest BCUT2D eigenvalue weighted by molar-refractivity contribution is 0.129. The van der Waals surface area contributed by atoms with Crippen LogP contribution in [-0.2, 0) is 9.31 Å². The van der Waals surface area contributed by atoms with Gasteiger partial charge in [0.2, 0.25) is 0 Å². The summed E-state index contributed by atoms with van der Waals surface area (Å²) in [7, 11) is -1.02. The van der Waals surface area contributed by atoms with E-state index in [1.165, 1.54) is 0 Å². The second kappa shape index (κ2) is 11.0. The monoisotopic (exact) mass is 202 g/mol. The van der Waals surface area contributed by atoms with Crippen LogP contribution in [0.25, 0.3) is 0 Å². The highest BCUT2D eigenvalue weighted by atomic mass is 16.7. The van der Waals surface area contributed by atoms with Crippen LogP contribution in [0.4, 0.5) is 0 Å². The van der Waals surface area contributed by atoms with Gasteiger partial charge in [-0.1, -0.05) is 39.5 Å². The molecule has 0 aliphatic carbocycles. The highest BCUT2D eigenvalue weighted by Gasteiger charge is 2.13. The van der Waals surface area contributed by atoms with Crippen molar-refractivity contribution in [3.05, 3.63) is 0 Å². The molecule has 0 spiro atoms. The van der Waals surface area contributed by atoms with Gasteiger partial charge in [-0.3, -0.25) is 0 Å². The Labute approximate surface area is 88.0 Å². The molecular formula is C10H23BO3. The Bertz CT molecular complexity index is 99.5. The van der Waals surface area contributed by atoms with Gasteiger partial charge in [0.25, 0.3) is 0 Å². The third-order valence-corrected chi connectivity index (χ3v) is 2.02. The zero-order valence-electron chi connectivity index (χ0n) is 9.50. The average molecular weight is 202 g/mol. The van der Waals surface area contributed by atoms with Crippen molar-refractivity contribution in [2.75, 3.05) is 13.2 Å². The van der Waals surface area contributed by atoms with Gasteiger partial charge >= 0.3 is 7.32 Å². The molecule has 0 bridgehead atoms. The second-order valence-electron chi connectivity index (χ2n) is 3.46. The van der Waals surface area contributed by atoms with Gasteiger partial charge < -0.3 is 14.3 Å². The van der Waals surface area contributed by atoms with E-state index in [2.05, 4.69) is 13.8 Å². The van der Waals surface area contributed by atoms with Crippen molar-refractivity contribution in [3.63, 3.8) is 0 Å². The molecule has 0 aromatic carbocycles. The van der Waals surface area contributed by atoms with Crippen molar-refractivity contribution in [3.8, 4) is 0 Å². The lowest BCUT2D eigenvalue weighted by Crippen LogP contribution is -2.23. The molecule has 14 heavy (non-hydrogen) atoms. The first kappa shape index (κ1) is 13.9. The molecular weight excluding hydrogens is 179 g/mol. The van der Waals surface area contributed by atoms with Gasteiger partial charge in [-0.25, -0.2) is 0 Å². The summed E-state index contributed by atoms with van der Waals surface area (Å²) in [6.45, 7) is 5.45. The quantitative estimate of drug-likeness (QED) is 0.436. The SMILES string of the molecule is CCCCCOB(O)OCCCCC. The summed E-state index contributed by atoms with van der Waals surface area (Å²) in [4.78, 5) is 0. The van der Waals surface area contributed by atoms with Gasteiger partial charge in [0.05, 0.1) is 0 Å². The zero-order chi connectivity index (χ0) is 10.6. The highest BCUT2D eigenvalue weighted by molar-refractivity contribution is 6.34. The largest absolute Gasteiger partial charge is 0.636 e. The van der Waals surface area contributed by atoms with Crippen molar-refractivity contribution in [2.24, 2.45) is 0 Å². The Kier molecular flexibility index (Phi) is 11.0. The van der Waals surface area contributed by atoms with Crippen molar-refractivity contribution >= 4 is 7.32 Å². The molecule has 0 fully saturated rings. The van der Waals surface area contributed by atoms with E-state index in [0.29, 0.717) is 13.2 Å². The van der Waals surface area contributed by atoms with E-state index in [4.69, 9.17) is 9.31 Å². The van der Waals surface area contributed by atoms with E-state index in [-0.39, 0.29) is 0 Å². The molecule has 0 radical (unpaired) electrons. The van der Waals surface area contributed by atoms with Gasteiger partial charge in [-0.2, -0.15) is 0 Å². The maximum Gasteiger partial charge on any atom is 0.636 e. The molecule has 0 aromatic heterocycles. The van der Waals surface area contributed by atoms with Crippen LogP contribution in [0.2, 0.25) is 0 Å². The predicted octanol–water partition coefficient (Wildman–Crippen LogP) is 2.38. The Morgan fingerprint density at radius 2 is 1.29 bits per heavy atom. The van der Waals surface area contributed by atoms with Crippen LogP contribution < -0.4 is 0 Å². The van der Waals surface area contributed by atoms with E-state index in [1.54, 1.807) is 0 Å². The molecule has 3 nitrogen and oxygen atoms in total. The topological polar surface area (TPSA) is 38.7 Å². The summed E-state index contributed by atoms with van der Waals surface area (Å²) in [5.41, 5.74) is 0. The van der Waals surface area contributed by atoms with Crippen molar-refractivity contribution < 1.29 is 14.3 Å². The number of unbranched alkanes of at least 4 members (excludes halogenated alkanes) is 4. The maximum atomic E-state index is 9.20. The smallest absolute Gasteiger partial charge is 0.402 e. The molecule has 1 N–H and O–H groups in total. The summed E-state index contributed by atoms with van der Waals surface area (Å²) in [5.74, 6) is 0. The Balaban J connectivity index is 3.07. The highest BCUT2D eigenvalue weighted by Crippen LogP contribution is 1.98. The Hall–Kier alpha value is -0.0551. The molecule has 0 rings (SSSR count). The molecule has 0 unspecified atom stereocenters. The second-order valence-corrected chi connectivity index (χ2v) is 3.46. The number of hydrogen-bond donors (Lipinski definition) is 1. The van der Waals surface area contributed by atoms with E-state index < -0.39 is 7.32 Å². The summed E-state index contributed by atoms with van der Waals surface area (Å²) < 4.78 is 10.1. The zero-order valence-corrected chi connectivity index (χ0v) is 9.50. The van der Waals surface area contributed by atoms with E-state index in [1.807, 2.05) is 0 Å². The van der Waals surface area contributed by atoms with Crippen LogP contribution in [0.3, 0.4) is 0 Å². The maximum absolute atomic E-state index is 9.20. The molecule has 84 valence electrons. The molecule has 0 atom stereocenters. The normalized spacial score (nSPS) is 10.5. The standard InChI is InChI=1S/C10H23BO3/c1-3-5-7-9-13-11(12)14-10-8-6-4-2/h12H,3-10H2,1-2H3. The van der Waals surface area contributed by atoms with E-state index >= 15 is 0 Å². The summed E-state index contributed by atoms with van der Waals surface area (Å²) in [6.07, 6.45) is 6.59. The number of rotatable bonds is 10. The Morgan fingerprint density at radius 3 is 1.64 bits per heavy atom. The summed E-state index contributed by atoms with van der Waals surface area (Å²) in [5, 5.41) is 9.20. The number of hydrogen-bond acceptors (Lipinski definition) is 3. The van der Waals surface area contributed by atoms with Gasteiger partial charge in [0, 0.05) is 13.2 Å². The predicted molar refractivity (Wildman–Crippen MR) is 58.9 cm³/mol. The third-order valence-electron chi connectivity index (χ3n) is 2.02. The van der Waals surface area contributed by atoms with E-state index in [0.717, 1.165) is 38.5 Å². The van der Waals surface area contributed by atoms with E-state index in [9.17, 15) is 5.02 Å². The minimum Gasteiger partial charge on any atom is -0.402 e. The van der Waals surface area contributed by atoms with Gasteiger partial charge in [0.15, 0.2) is 0 Å². The van der Waals surface area contributed by atoms with Crippen LogP contribution >= 0.6 is 0 Å². The summed E-state index contributed by atoms with van der Waals surface area (Å²) >= 11 is 0. The van der Waals surface area contributed by atoms with Gasteiger partial charge in [0.1, 0.15) is 0 Å². The first-order chi connectivity index (χ1) is 6.81. The van der Waals surface area contributed by atoms with Crippen molar-refractivity contribution in [2.45, 2.75) is 52.4 Å². The van der Waals surface area contributed by atoms with Crippen LogP contribution in [0.15, 0.2) is 0 Å². The molecule has 0 aliphatic rings. The fourth-order valence-electron chi connectivity index (χ4n) is 1.12. The van der Waals surface area contributed by atoms with Crippen molar-refractivity contribution in [1.82, 2.24) is 0 Å². The van der Waals surface area contributed by atoms with Gasteiger partial charge in [-0.15, -0.1) is 0 Å². The average Bonchev–Trinajstić information content (AvgIpc) is 2.19. The van der Waals surface area contributed by atoms with Crippen molar-refractivity contribution in [1.29, 1.82) is 0 Å². The van der Waals surface area contributed by atoms with Crippen LogP contribution in [-0.4, -0.2) is 25.6 Å². The van der Waals surface area contributed by atoms with Crippen LogP contribution in [0, 0.1) is 0 Å². The van der Waals surface area contributed by atoms with Crippen LogP contribution in [0.1, 0.15) is 52.4 Å². The molecule has 4 heteroatoms. The third kappa shape index (κ3) is 10.0. The summed E-state index contributed by atoms with van der Waals surface area (Å²) in [6, 6.07) is 0. The molecule has 0 saturated carbocycles. The molecule has 0 saturated heterocycles. The molecule has 0 aliphatic heterocycles. The fraction of sp³-hybridized carbons (Fsp3) is 1.00. The Morgan fingerprint density at radius 1 is 0.857 bits per heavy atom. The van der Waals surface area contributed by atoms with Gasteiger partial charge in [-0.05, 0) is 12.8 Å². The first-order valence-corrected chi connectivity index (χ1v) is 5.72. The lowest BCUT2D eigenvalue weighted by Gasteiger charge is -2.07.